The summed E-state index contributed by atoms with van der Waals surface area (Å²) < 4.78 is 27.5. The second-order valence-electron chi connectivity index (χ2n) is 6.52. The van der Waals surface area contributed by atoms with Gasteiger partial charge in [-0.2, -0.15) is 4.31 Å². The Morgan fingerprint density at radius 1 is 1.21 bits per heavy atom. The van der Waals surface area contributed by atoms with E-state index in [9.17, 15) is 13.6 Å². The molecule has 3 heterocycles. The molecule has 7 nitrogen and oxygen atoms in total. The summed E-state index contributed by atoms with van der Waals surface area (Å²) in [4.78, 5) is 21.0. The smallest absolute Gasteiger partial charge is 0.257 e. The van der Waals surface area contributed by atoms with Crippen molar-refractivity contribution in [2.24, 2.45) is 0 Å². The van der Waals surface area contributed by atoms with E-state index in [-0.39, 0.29) is 10.5 Å². The molecule has 1 aliphatic rings. The molecule has 2 aromatic heterocycles. The Balaban J connectivity index is 1.67. The van der Waals surface area contributed by atoms with Gasteiger partial charge in [-0.25, -0.2) is 0 Å². The maximum Gasteiger partial charge on any atom is 0.257 e. The minimum Gasteiger partial charge on any atom is -0.588 e. The van der Waals surface area contributed by atoms with Crippen LogP contribution in [-0.2, 0) is 21.0 Å². The van der Waals surface area contributed by atoms with Crippen molar-refractivity contribution < 1.29 is 13.6 Å². The van der Waals surface area contributed by atoms with Gasteiger partial charge in [0, 0.05) is 23.1 Å². The monoisotopic (exact) mass is 428 g/mol. The molecule has 9 heteroatoms. The van der Waals surface area contributed by atoms with Gasteiger partial charge in [0.15, 0.2) is 15.3 Å². The van der Waals surface area contributed by atoms with Crippen molar-refractivity contribution in [1.82, 2.24) is 9.97 Å². The zero-order chi connectivity index (χ0) is 20.4. The van der Waals surface area contributed by atoms with Crippen molar-refractivity contribution in [2.75, 3.05) is 16.2 Å². The van der Waals surface area contributed by atoms with Crippen LogP contribution in [0.4, 0.5) is 11.4 Å². The number of pyridine rings is 2. The van der Waals surface area contributed by atoms with Crippen LogP contribution < -0.4 is 9.62 Å². The summed E-state index contributed by atoms with van der Waals surface area (Å²) in [6.45, 7) is 0.311. The number of anilines is 2. The first-order chi connectivity index (χ1) is 13.9. The molecule has 0 saturated heterocycles. The fourth-order valence-corrected chi connectivity index (χ4v) is 4.85. The quantitative estimate of drug-likeness (QED) is 0.638. The van der Waals surface area contributed by atoms with E-state index in [0.29, 0.717) is 41.5 Å². The lowest BCUT2D eigenvalue weighted by Crippen LogP contribution is -2.40. The molecule has 0 aliphatic carbocycles. The first-order valence-electron chi connectivity index (χ1n) is 8.94. The van der Waals surface area contributed by atoms with Crippen LogP contribution in [0.5, 0.6) is 0 Å². The number of carbonyl (C=O) groups excluding carboxylic acids is 1. The SMILES string of the molecule is O=C(Nc1cccc(Cl)c1)c1cnc2c(c1)N([S+](=O)([O-])c1cccnc1)CCC2. The average Bonchev–Trinajstić information content (AvgIpc) is 2.73. The van der Waals surface area contributed by atoms with E-state index in [1.54, 1.807) is 36.4 Å². The van der Waals surface area contributed by atoms with E-state index in [1.807, 2.05) is 0 Å². The topological polar surface area (TPSA) is 98.2 Å². The molecule has 1 unspecified atom stereocenters. The third-order valence-electron chi connectivity index (χ3n) is 4.56. The number of rotatable bonds is 4. The Kier molecular flexibility index (Phi) is 5.31. The Labute approximate surface area is 174 Å². The molecule has 0 radical (unpaired) electrons. The highest BCUT2D eigenvalue weighted by Crippen LogP contribution is 2.34. The molecule has 1 atom stereocenters. The van der Waals surface area contributed by atoms with Crippen LogP contribution in [-0.4, -0.2) is 27.0 Å². The summed E-state index contributed by atoms with van der Waals surface area (Å²) in [6, 6.07) is 11.4. The summed E-state index contributed by atoms with van der Waals surface area (Å²) in [5.41, 5.74) is 1.86. The Bertz CT molecular complexity index is 1110. The van der Waals surface area contributed by atoms with E-state index in [4.69, 9.17) is 11.6 Å². The van der Waals surface area contributed by atoms with Crippen LogP contribution in [0.2, 0.25) is 5.02 Å². The molecule has 0 saturated carbocycles. The molecule has 1 aliphatic heterocycles. The molecule has 0 bridgehead atoms. The largest absolute Gasteiger partial charge is 0.588 e. The minimum absolute atomic E-state index is 0.0987. The summed E-state index contributed by atoms with van der Waals surface area (Å²) in [5.74, 6) is -0.396. The summed E-state index contributed by atoms with van der Waals surface area (Å²) >= 11 is 5.95. The number of fused-ring (bicyclic) bond motifs is 1. The lowest BCUT2D eigenvalue weighted by Gasteiger charge is -2.32. The van der Waals surface area contributed by atoms with Gasteiger partial charge in [-0.3, -0.25) is 14.8 Å². The highest BCUT2D eigenvalue weighted by atomic mass is 35.5. The van der Waals surface area contributed by atoms with Gasteiger partial charge in [-0.1, -0.05) is 21.9 Å². The molecular weight excluding hydrogens is 412 g/mol. The van der Waals surface area contributed by atoms with E-state index in [0.717, 1.165) is 0 Å². The third-order valence-corrected chi connectivity index (χ3v) is 6.59. The zero-order valence-corrected chi connectivity index (χ0v) is 16.8. The minimum atomic E-state index is -3.80. The second kappa shape index (κ2) is 7.90. The predicted octanol–water partition coefficient (Wildman–Crippen LogP) is 3.74. The van der Waals surface area contributed by atoms with Crippen LogP contribution >= 0.6 is 11.6 Å². The lowest BCUT2D eigenvalue weighted by atomic mass is 10.1. The van der Waals surface area contributed by atoms with Crippen molar-refractivity contribution in [1.29, 1.82) is 0 Å². The van der Waals surface area contributed by atoms with Crippen LogP contribution in [0.15, 0.2) is 66.0 Å². The van der Waals surface area contributed by atoms with E-state index < -0.39 is 16.3 Å². The predicted molar refractivity (Wildman–Crippen MR) is 111 cm³/mol. The van der Waals surface area contributed by atoms with Gasteiger partial charge in [0.1, 0.15) is 5.69 Å². The van der Waals surface area contributed by atoms with Crippen molar-refractivity contribution >= 4 is 39.3 Å². The standard InChI is InChI=1S/C20H17ClN4O3S/c21-15-4-1-5-16(11-15)24-20(26)14-10-19-18(23-12-14)7-3-9-25(19)29(27,28)17-6-2-8-22-13-17/h1-2,4-6,8,10-13H,3,7,9H2,(H-,24,26,27,28). The zero-order valence-electron chi connectivity index (χ0n) is 15.2. The number of hydrogen-bond donors (Lipinski definition) is 1. The fraction of sp³-hybridized carbons (Fsp3) is 0.150. The van der Waals surface area contributed by atoms with Crippen LogP contribution in [0.1, 0.15) is 22.5 Å². The van der Waals surface area contributed by atoms with Crippen molar-refractivity contribution in [3.63, 3.8) is 0 Å². The van der Waals surface area contributed by atoms with Crippen LogP contribution in [0.25, 0.3) is 0 Å². The lowest BCUT2D eigenvalue weighted by molar-refractivity contribution is 0.102. The van der Waals surface area contributed by atoms with Crippen LogP contribution in [0, 0.1) is 0 Å². The molecule has 0 fully saturated rings. The van der Waals surface area contributed by atoms with E-state index >= 15 is 0 Å². The van der Waals surface area contributed by atoms with Crippen molar-refractivity contribution in [3.8, 4) is 0 Å². The molecule has 1 aromatic carbocycles. The molecule has 3 aromatic rings. The van der Waals surface area contributed by atoms with Gasteiger partial charge in [0.05, 0.1) is 24.0 Å². The number of benzene rings is 1. The van der Waals surface area contributed by atoms with Gasteiger partial charge >= 0.3 is 0 Å². The maximum atomic E-state index is 13.1. The molecular formula is C20H17ClN4O3S. The average molecular weight is 429 g/mol. The van der Waals surface area contributed by atoms with Gasteiger partial charge in [0.25, 0.3) is 5.91 Å². The Hall–Kier alpha value is -2.81. The van der Waals surface area contributed by atoms with E-state index in [2.05, 4.69) is 15.3 Å². The maximum absolute atomic E-state index is 13.1. The number of aryl methyl sites for hydroxylation is 1. The Morgan fingerprint density at radius 3 is 2.83 bits per heavy atom. The highest BCUT2D eigenvalue weighted by Gasteiger charge is 2.35. The summed E-state index contributed by atoms with van der Waals surface area (Å²) in [6.07, 6.45) is 5.58. The first-order valence-corrected chi connectivity index (χ1v) is 10.8. The fourth-order valence-electron chi connectivity index (χ4n) is 3.17. The van der Waals surface area contributed by atoms with E-state index in [1.165, 1.54) is 29.0 Å². The first kappa shape index (κ1) is 19.5. The molecule has 4 rings (SSSR count). The number of nitrogens with one attached hydrogen (secondary N) is 1. The van der Waals surface area contributed by atoms with Gasteiger partial charge in [-0.05, 0) is 49.2 Å². The van der Waals surface area contributed by atoms with Crippen molar-refractivity contribution in [2.45, 2.75) is 17.7 Å². The number of nitrogens with zero attached hydrogens (tertiary/aromatic N) is 3. The third kappa shape index (κ3) is 4.00. The summed E-state index contributed by atoms with van der Waals surface area (Å²) in [7, 11) is -3.80. The second-order valence-corrected chi connectivity index (χ2v) is 8.82. The summed E-state index contributed by atoms with van der Waals surface area (Å²) in [5, 5.41) is 3.25. The van der Waals surface area contributed by atoms with Crippen molar-refractivity contribution in [3.05, 3.63) is 77.3 Å². The van der Waals surface area contributed by atoms with Gasteiger partial charge in [-0.15, -0.1) is 0 Å². The Morgan fingerprint density at radius 2 is 2.07 bits per heavy atom. The molecule has 29 heavy (non-hydrogen) atoms. The van der Waals surface area contributed by atoms with Gasteiger partial charge in [0.2, 0.25) is 0 Å². The molecule has 1 amide bonds. The molecule has 0 spiro atoms. The number of carbonyl (C=O) groups is 1. The molecule has 148 valence electrons. The number of sulfonamides is 1. The van der Waals surface area contributed by atoms with Crippen LogP contribution in [0.3, 0.4) is 0 Å². The van der Waals surface area contributed by atoms with Gasteiger partial charge < -0.3 is 9.87 Å². The number of hydrogen-bond acceptors (Lipinski definition) is 5. The molecule has 1 N–H and O–H groups in total. The highest BCUT2D eigenvalue weighted by molar-refractivity contribution is 7.99. The normalized spacial score (nSPS) is 15.3. The number of aromatic nitrogens is 2. The number of amides is 1. The number of halogens is 1.